The Morgan fingerprint density at radius 1 is 1.29 bits per heavy atom. The fourth-order valence-corrected chi connectivity index (χ4v) is 3.89. The van der Waals surface area contributed by atoms with Crippen molar-refractivity contribution >= 4 is 25.7 Å². The molecule has 0 saturated carbocycles. The molecule has 1 aromatic rings. The molecule has 76 valence electrons. The van der Waals surface area contributed by atoms with Crippen molar-refractivity contribution in [1.82, 2.24) is 0 Å². The van der Waals surface area contributed by atoms with Gasteiger partial charge in [-0.05, 0) is 0 Å². The fraction of sp³-hybridized carbons (Fsp3) is 0.364. The first-order chi connectivity index (χ1) is 6.59. The summed E-state index contributed by atoms with van der Waals surface area (Å²) in [7, 11) is 0. The van der Waals surface area contributed by atoms with E-state index in [4.69, 9.17) is 5.73 Å². The third-order valence-electron chi connectivity index (χ3n) is 2.25. The average Bonchev–Trinajstić information content (AvgIpc) is 2.15. The van der Waals surface area contributed by atoms with Crippen molar-refractivity contribution in [3.05, 3.63) is 35.4 Å². The van der Waals surface area contributed by atoms with Gasteiger partial charge in [0.1, 0.15) is 0 Å². The van der Waals surface area contributed by atoms with Crippen LogP contribution in [0.15, 0.2) is 24.3 Å². The Morgan fingerprint density at radius 3 is 2.29 bits per heavy atom. The summed E-state index contributed by atoms with van der Waals surface area (Å²) >= 11 is -1.07. The molecule has 1 aromatic carbocycles. The number of rotatable bonds is 4. The Morgan fingerprint density at radius 2 is 1.86 bits per heavy atom. The number of primary amides is 1. The Bertz CT molecular complexity index is 306. The monoisotopic (exact) mass is 299 g/mol. The van der Waals surface area contributed by atoms with Crippen LogP contribution in [0.5, 0.6) is 0 Å². The summed E-state index contributed by atoms with van der Waals surface area (Å²) in [6, 6.07) is 7.64. The van der Waals surface area contributed by atoms with E-state index in [1.54, 1.807) is 0 Å². The molecular formula is C11H17NOSn. The molecule has 0 aliphatic carbocycles. The second kappa shape index (κ2) is 5.39. The molecule has 0 atom stereocenters. The number of carbonyl (C=O) groups is 1. The third kappa shape index (κ3) is 3.70. The van der Waals surface area contributed by atoms with E-state index in [1.807, 2.05) is 24.3 Å². The molecule has 2 nitrogen and oxygen atoms in total. The van der Waals surface area contributed by atoms with Crippen molar-refractivity contribution in [2.24, 2.45) is 5.73 Å². The number of carbonyl (C=O) groups excluding carboxylic acids is 1. The van der Waals surface area contributed by atoms with Crippen molar-refractivity contribution in [3.63, 3.8) is 0 Å². The zero-order chi connectivity index (χ0) is 10.6. The molecule has 3 heteroatoms. The van der Waals surface area contributed by atoms with Gasteiger partial charge in [-0.15, -0.1) is 0 Å². The molecule has 1 rings (SSSR count). The number of hydrogen-bond donors (Lipinski definition) is 1. The van der Waals surface area contributed by atoms with Gasteiger partial charge in [0.05, 0.1) is 0 Å². The summed E-state index contributed by atoms with van der Waals surface area (Å²) in [5.41, 5.74) is 7.08. The van der Waals surface area contributed by atoms with E-state index < -0.39 is 19.8 Å². The van der Waals surface area contributed by atoms with Crippen molar-refractivity contribution in [1.29, 1.82) is 0 Å². The third-order valence-corrected chi connectivity index (χ3v) is 6.37. The molecule has 1 amide bonds. The summed E-state index contributed by atoms with van der Waals surface area (Å²) in [5, 5.41) is 0. The van der Waals surface area contributed by atoms with Crippen molar-refractivity contribution in [2.45, 2.75) is 20.7 Å². The molecule has 0 aliphatic rings. The van der Waals surface area contributed by atoms with Crippen LogP contribution < -0.4 is 5.73 Å². The molecule has 0 radical (unpaired) electrons. The molecule has 0 aromatic heterocycles. The van der Waals surface area contributed by atoms with Gasteiger partial charge in [0.2, 0.25) is 0 Å². The van der Waals surface area contributed by atoms with Crippen LogP contribution in [0.3, 0.4) is 0 Å². The van der Waals surface area contributed by atoms with Gasteiger partial charge in [0, 0.05) is 0 Å². The summed E-state index contributed by atoms with van der Waals surface area (Å²) in [6.45, 7) is 0. The maximum absolute atomic E-state index is 10.8. The van der Waals surface area contributed by atoms with Crippen LogP contribution in [-0.4, -0.2) is 25.7 Å². The summed E-state index contributed by atoms with van der Waals surface area (Å²) in [6.07, 6.45) is 1.16. The summed E-state index contributed by atoms with van der Waals surface area (Å²) < 4.78 is 1.39. The quantitative estimate of drug-likeness (QED) is 0.847. The number of hydrogen-bond acceptors (Lipinski definition) is 1. The second-order valence-electron chi connectivity index (χ2n) is 3.99. The van der Waals surface area contributed by atoms with E-state index >= 15 is 0 Å². The number of amides is 1. The van der Waals surface area contributed by atoms with Gasteiger partial charge >= 0.3 is 92.3 Å². The SMILES string of the molecule is [CH3][SnH]([CH3])[CH2]Cc1ccc(C(N)=O)cc1. The molecular weight excluding hydrogens is 281 g/mol. The van der Waals surface area contributed by atoms with Crippen LogP contribution in [0.1, 0.15) is 15.9 Å². The first kappa shape index (κ1) is 11.6. The number of benzene rings is 1. The summed E-state index contributed by atoms with van der Waals surface area (Å²) in [4.78, 5) is 15.6. The minimum absolute atomic E-state index is 0.348. The standard InChI is InChI=1S/C9H10NO.2CH3.Sn.H/c1-2-7-3-5-8(6-4-7)9(10)11;;;;/h3-6H,1-2H2,(H2,10,11);2*1H3;;. The van der Waals surface area contributed by atoms with E-state index in [9.17, 15) is 4.79 Å². The molecule has 14 heavy (non-hydrogen) atoms. The molecule has 0 fully saturated rings. The normalized spacial score (nSPS) is 10.5. The van der Waals surface area contributed by atoms with Crippen LogP contribution in [0.2, 0.25) is 14.3 Å². The molecule has 2 N–H and O–H groups in total. The zero-order valence-electron chi connectivity index (χ0n) is 8.79. The van der Waals surface area contributed by atoms with Crippen molar-refractivity contribution in [2.75, 3.05) is 0 Å². The zero-order valence-corrected chi connectivity index (χ0v) is 12.1. The predicted molar refractivity (Wildman–Crippen MR) is 62.3 cm³/mol. The Hall–Kier alpha value is -0.511. The van der Waals surface area contributed by atoms with Crippen LogP contribution >= 0.6 is 0 Å². The molecule has 0 aliphatic heterocycles. The number of aryl methyl sites for hydroxylation is 1. The molecule has 0 spiro atoms. The van der Waals surface area contributed by atoms with Gasteiger partial charge in [0.25, 0.3) is 0 Å². The van der Waals surface area contributed by atoms with E-state index in [0.717, 1.165) is 6.42 Å². The van der Waals surface area contributed by atoms with E-state index in [2.05, 4.69) is 9.88 Å². The van der Waals surface area contributed by atoms with Gasteiger partial charge in [-0.2, -0.15) is 0 Å². The van der Waals surface area contributed by atoms with Gasteiger partial charge in [0.15, 0.2) is 0 Å². The molecule has 0 saturated heterocycles. The first-order valence-electron chi connectivity index (χ1n) is 4.98. The van der Waals surface area contributed by atoms with Crippen LogP contribution in [-0.2, 0) is 6.42 Å². The second-order valence-corrected chi connectivity index (χ2v) is 13.6. The Balaban J connectivity index is 2.60. The van der Waals surface area contributed by atoms with Gasteiger partial charge in [-0.1, -0.05) is 0 Å². The predicted octanol–water partition coefficient (Wildman–Crippen LogP) is 1.81. The average molecular weight is 298 g/mol. The van der Waals surface area contributed by atoms with E-state index in [-0.39, 0.29) is 5.91 Å². The molecule has 0 heterocycles. The number of nitrogens with two attached hydrogens (primary N) is 1. The topological polar surface area (TPSA) is 43.1 Å². The summed E-state index contributed by atoms with van der Waals surface area (Å²) in [5.74, 6) is -0.348. The van der Waals surface area contributed by atoms with E-state index in [1.165, 1.54) is 10.0 Å². The van der Waals surface area contributed by atoms with Gasteiger partial charge in [-0.3, -0.25) is 0 Å². The first-order valence-corrected chi connectivity index (χ1v) is 13.9. The van der Waals surface area contributed by atoms with Crippen LogP contribution in [0, 0.1) is 0 Å². The van der Waals surface area contributed by atoms with Crippen LogP contribution in [0.25, 0.3) is 0 Å². The van der Waals surface area contributed by atoms with E-state index in [0.29, 0.717) is 5.56 Å². The van der Waals surface area contributed by atoms with Crippen molar-refractivity contribution < 1.29 is 4.79 Å². The van der Waals surface area contributed by atoms with Crippen LogP contribution in [0.4, 0.5) is 0 Å². The Kier molecular flexibility index (Phi) is 4.45. The molecule has 0 bridgehead atoms. The van der Waals surface area contributed by atoms with Gasteiger partial charge in [-0.25, -0.2) is 0 Å². The Labute approximate surface area is 92.2 Å². The minimum atomic E-state index is -1.07. The van der Waals surface area contributed by atoms with Gasteiger partial charge < -0.3 is 0 Å². The van der Waals surface area contributed by atoms with Crippen molar-refractivity contribution in [3.8, 4) is 0 Å². The molecule has 0 unspecified atom stereocenters. The fourth-order valence-electron chi connectivity index (χ4n) is 1.29. The maximum atomic E-state index is 10.8.